The van der Waals surface area contributed by atoms with E-state index in [9.17, 15) is 22.8 Å². The predicted octanol–water partition coefficient (Wildman–Crippen LogP) is 7.25. The van der Waals surface area contributed by atoms with Crippen LogP contribution >= 0.6 is 7.14 Å². The largest absolute Gasteiger partial charge is 0.573 e. The highest BCUT2D eigenvalue weighted by Crippen LogP contribution is 2.48. The Morgan fingerprint density at radius 3 is 2.49 bits per heavy atom. The molecule has 1 saturated carbocycles. The molecule has 0 aliphatic heterocycles. The molecule has 1 aliphatic rings. The summed E-state index contributed by atoms with van der Waals surface area (Å²) in [4.78, 5) is 4.94. The van der Waals surface area contributed by atoms with E-state index < -0.39 is 25.4 Å². The predicted molar refractivity (Wildman–Crippen MR) is 161 cm³/mol. The number of nitrogens with zero attached hydrogens (tertiary/aromatic N) is 4. The normalized spacial score (nSPS) is 15.9. The van der Waals surface area contributed by atoms with E-state index in [1.54, 1.807) is 31.4 Å². The van der Waals surface area contributed by atoms with E-state index in [1.165, 1.54) is 12.1 Å². The molecule has 0 amide bonds. The van der Waals surface area contributed by atoms with Crippen molar-refractivity contribution in [1.82, 2.24) is 19.3 Å². The Morgan fingerprint density at radius 1 is 1.07 bits per heavy atom. The van der Waals surface area contributed by atoms with Crippen molar-refractivity contribution in [3.8, 4) is 28.4 Å². The monoisotopic (exact) mass is 608 g/mol. The third-order valence-electron chi connectivity index (χ3n) is 8.08. The Kier molecular flexibility index (Phi) is 7.47. The highest BCUT2D eigenvalue weighted by molar-refractivity contribution is 7.70. The van der Waals surface area contributed by atoms with Gasteiger partial charge in [-0.05, 0) is 43.3 Å². The van der Waals surface area contributed by atoms with Crippen molar-refractivity contribution in [3.05, 3.63) is 84.2 Å². The second kappa shape index (κ2) is 11.0. The number of hydrogen-bond acceptors (Lipinski definition) is 5. The van der Waals surface area contributed by atoms with E-state index in [-0.39, 0.29) is 18.0 Å². The van der Waals surface area contributed by atoms with E-state index in [0.717, 1.165) is 40.6 Å². The van der Waals surface area contributed by atoms with Gasteiger partial charge in [0.25, 0.3) is 0 Å². The first-order chi connectivity index (χ1) is 20.4. The van der Waals surface area contributed by atoms with Gasteiger partial charge in [0, 0.05) is 47.3 Å². The number of fused-ring (bicyclic) bond motifs is 1. The average Bonchev–Trinajstić information content (AvgIpc) is 3.63. The topological polar surface area (TPSA) is 82.2 Å². The maximum Gasteiger partial charge on any atom is 0.573 e. The van der Waals surface area contributed by atoms with Gasteiger partial charge in [0.15, 0.2) is 0 Å². The zero-order valence-electron chi connectivity index (χ0n) is 24.0. The van der Waals surface area contributed by atoms with Crippen LogP contribution < -0.4 is 10.0 Å². The molecule has 1 N–H and O–H groups in total. The zero-order valence-corrected chi connectivity index (χ0v) is 24.9. The van der Waals surface area contributed by atoms with Crippen molar-refractivity contribution in [1.29, 1.82) is 0 Å². The fraction of sp³-hybridized carbons (Fsp3) is 0.312. The standard InChI is InChI=1S/C32H32F3N4O3P/c1-4-43(3,41)22-15-16-24(28(17-22)42-32(33,34)35)31-36-29(30(38(31)2)21-13-14-21)23-11-8-12-26-25(23)18-39(37-26)19-27(40)20-9-6-5-7-10-20/h5-12,15-18,21,27,40H,4,13-14,19H2,1-3H3/t27-,43+/m0/s1. The third kappa shape index (κ3) is 5.86. The number of hydrogen-bond donors (Lipinski definition) is 1. The Bertz CT molecular complexity index is 1840. The van der Waals surface area contributed by atoms with E-state index in [1.807, 2.05) is 59.3 Å². The number of benzene rings is 3. The molecule has 1 aliphatic carbocycles. The van der Waals surface area contributed by atoms with Gasteiger partial charge in [-0.25, -0.2) is 4.98 Å². The molecule has 6 rings (SSSR count). The smallest absolute Gasteiger partial charge is 0.405 e. The number of rotatable bonds is 9. The molecule has 43 heavy (non-hydrogen) atoms. The molecule has 2 aromatic heterocycles. The summed E-state index contributed by atoms with van der Waals surface area (Å²) in [6, 6.07) is 19.4. The summed E-state index contributed by atoms with van der Waals surface area (Å²) < 4.78 is 61.8. The SMILES string of the molecule is CC[P@@](C)(=O)c1ccc(-c2nc(-c3cccc4nn(C[C@H](O)c5ccccc5)cc34)c(C3CC3)n2C)c(OC(F)(F)F)c1. The van der Waals surface area contributed by atoms with E-state index >= 15 is 0 Å². The lowest BCUT2D eigenvalue weighted by Crippen LogP contribution is -2.19. The Morgan fingerprint density at radius 2 is 1.81 bits per heavy atom. The van der Waals surface area contributed by atoms with E-state index in [0.29, 0.717) is 23.0 Å². The van der Waals surface area contributed by atoms with Gasteiger partial charge < -0.3 is 19.0 Å². The molecule has 1 fully saturated rings. The fourth-order valence-electron chi connectivity index (χ4n) is 5.51. The summed E-state index contributed by atoms with van der Waals surface area (Å²) in [5, 5.41) is 16.6. The highest BCUT2D eigenvalue weighted by Gasteiger charge is 2.36. The molecule has 2 heterocycles. The summed E-state index contributed by atoms with van der Waals surface area (Å²) >= 11 is 0. The first-order valence-corrected chi connectivity index (χ1v) is 16.5. The molecule has 0 unspecified atom stereocenters. The van der Waals surface area contributed by atoms with Crippen LogP contribution in [0.1, 0.15) is 43.0 Å². The van der Waals surface area contributed by atoms with Gasteiger partial charge in [-0.15, -0.1) is 13.2 Å². The first-order valence-electron chi connectivity index (χ1n) is 14.2. The molecule has 0 saturated heterocycles. The molecule has 224 valence electrons. The van der Waals surface area contributed by atoms with Crippen molar-refractivity contribution in [2.75, 3.05) is 12.8 Å². The number of aromatic nitrogens is 4. The summed E-state index contributed by atoms with van der Waals surface area (Å²) in [5.41, 5.74) is 4.08. The highest BCUT2D eigenvalue weighted by atomic mass is 31.2. The molecule has 0 spiro atoms. The Hall–Kier alpha value is -3.88. The minimum atomic E-state index is -4.94. The zero-order chi connectivity index (χ0) is 30.5. The lowest BCUT2D eigenvalue weighted by molar-refractivity contribution is -0.274. The van der Waals surface area contributed by atoms with Crippen molar-refractivity contribution < 1.29 is 27.6 Å². The number of ether oxygens (including phenoxy) is 1. The molecule has 2 atom stereocenters. The maximum atomic E-state index is 13.6. The molecule has 0 bridgehead atoms. The van der Waals surface area contributed by atoms with Crippen LogP contribution in [0.3, 0.4) is 0 Å². The van der Waals surface area contributed by atoms with Gasteiger partial charge in [0.05, 0.1) is 29.4 Å². The lowest BCUT2D eigenvalue weighted by atomic mass is 10.0. The molecule has 7 nitrogen and oxygen atoms in total. The van der Waals surface area contributed by atoms with Crippen molar-refractivity contribution in [3.63, 3.8) is 0 Å². The van der Waals surface area contributed by atoms with Crippen LogP contribution in [-0.2, 0) is 18.2 Å². The Labute approximate surface area is 247 Å². The summed E-state index contributed by atoms with van der Waals surface area (Å²) in [5.74, 6) is 0.117. The van der Waals surface area contributed by atoms with Crippen LogP contribution in [0.4, 0.5) is 13.2 Å². The van der Waals surface area contributed by atoms with Gasteiger partial charge in [-0.1, -0.05) is 55.5 Å². The van der Waals surface area contributed by atoms with Gasteiger partial charge in [0.1, 0.15) is 18.7 Å². The molecule has 5 aromatic rings. The van der Waals surface area contributed by atoms with E-state index in [4.69, 9.17) is 4.98 Å². The first kappa shape index (κ1) is 29.2. The van der Waals surface area contributed by atoms with Crippen molar-refractivity contribution in [2.45, 2.75) is 44.7 Å². The number of alkyl halides is 3. The number of imidazole rings is 1. The lowest BCUT2D eigenvalue weighted by Gasteiger charge is -2.17. The molecule has 3 aromatic carbocycles. The van der Waals surface area contributed by atoms with Gasteiger partial charge in [0.2, 0.25) is 0 Å². The quantitative estimate of drug-likeness (QED) is 0.178. The van der Waals surface area contributed by atoms with Crippen LogP contribution in [-0.4, -0.2) is 43.6 Å². The minimum absolute atomic E-state index is 0.168. The molecular formula is C32H32F3N4O3P. The van der Waals surface area contributed by atoms with Crippen LogP contribution in [0.2, 0.25) is 0 Å². The van der Waals surface area contributed by atoms with Crippen LogP contribution in [0.25, 0.3) is 33.5 Å². The second-order valence-corrected chi connectivity index (χ2v) is 14.5. The number of aliphatic hydroxyl groups excluding tert-OH is 1. The van der Waals surface area contributed by atoms with Gasteiger partial charge >= 0.3 is 6.36 Å². The maximum absolute atomic E-state index is 13.6. The van der Waals surface area contributed by atoms with Crippen LogP contribution in [0, 0.1) is 0 Å². The van der Waals surface area contributed by atoms with Crippen LogP contribution in [0.5, 0.6) is 5.75 Å². The van der Waals surface area contributed by atoms with Crippen molar-refractivity contribution >= 4 is 23.3 Å². The third-order valence-corrected chi connectivity index (χ3v) is 10.7. The fourth-order valence-corrected chi connectivity index (χ4v) is 6.65. The van der Waals surface area contributed by atoms with E-state index in [2.05, 4.69) is 9.84 Å². The summed E-state index contributed by atoms with van der Waals surface area (Å²) in [7, 11) is -1.05. The average molecular weight is 609 g/mol. The molecule has 11 heteroatoms. The molecular weight excluding hydrogens is 576 g/mol. The molecule has 0 radical (unpaired) electrons. The number of halogens is 3. The summed E-state index contributed by atoms with van der Waals surface area (Å²) in [6.07, 6.45) is -1.59. The number of aliphatic hydroxyl groups is 1. The van der Waals surface area contributed by atoms with Gasteiger partial charge in [-0.3, -0.25) is 4.68 Å². The van der Waals surface area contributed by atoms with Crippen molar-refractivity contribution in [2.24, 2.45) is 7.05 Å². The Balaban J connectivity index is 1.46. The van der Waals surface area contributed by atoms with Gasteiger partial charge in [-0.2, -0.15) is 5.10 Å². The minimum Gasteiger partial charge on any atom is -0.405 e. The second-order valence-electron chi connectivity index (χ2n) is 11.2. The van der Waals surface area contributed by atoms with Crippen LogP contribution in [0.15, 0.2) is 72.9 Å². The summed E-state index contributed by atoms with van der Waals surface area (Å²) in [6.45, 7) is 3.56.